The monoisotopic (exact) mass is 325 g/mol. The van der Waals surface area contributed by atoms with E-state index in [2.05, 4.69) is 36.4 Å². The van der Waals surface area contributed by atoms with Crippen LogP contribution >= 0.6 is 0 Å². The minimum Gasteiger partial charge on any atom is -0.343 e. The van der Waals surface area contributed by atoms with Gasteiger partial charge in [0.1, 0.15) is 5.82 Å². The molecule has 0 aliphatic heterocycles. The van der Waals surface area contributed by atoms with Gasteiger partial charge in [-0.3, -0.25) is 9.59 Å². The molecule has 2 rings (SSSR count). The van der Waals surface area contributed by atoms with Crippen molar-refractivity contribution in [2.45, 2.75) is 33.1 Å². The summed E-state index contributed by atoms with van der Waals surface area (Å²) in [7, 11) is 0. The normalized spacial score (nSPS) is 11.0. The van der Waals surface area contributed by atoms with Crippen molar-refractivity contribution in [1.29, 1.82) is 0 Å². The largest absolute Gasteiger partial charge is 0.343 e. The lowest BCUT2D eigenvalue weighted by Crippen LogP contribution is -2.33. The Morgan fingerprint density at radius 3 is 2.25 bits per heavy atom. The number of pyridine rings is 1. The summed E-state index contributed by atoms with van der Waals surface area (Å²) >= 11 is 0. The Labute approximate surface area is 142 Å². The van der Waals surface area contributed by atoms with Crippen LogP contribution in [-0.2, 0) is 10.2 Å². The molecule has 0 radical (unpaired) electrons. The van der Waals surface area contributed by atoms with Gasteiger partial charge in [0.05, 0.1) is 6.54 Å². The van der Waals surface area contributed by atoms with E-state index in [-0.39, 0.29) is 23.8 Å². The van der Waals surface area contributed by atoms with Crippen LogP contribution in [0.5, 0.6) is 0 Å². The number of aryl methyl sites for hydroxylation is 1. The van der Waals surface area contributed by atoms with E-state index >= 15 is 0 Å². The molecule has 0 unspecified atom stereocenters. The van der Waals surface area contributed by atoms with E-state index in [1.165, 1.54) is 0 Å². The van der Waals surface area contributed by atoms with Crippen molar-refractivity contribution < 1.29 is 9.59 Å². The van der Waals surface area contributed by atoms with E-state index in [0.29, 0.717) is 11.4 Å². The minimum absolute atomic E-state index is 0.0376. The average molecular weight is 325 g/mol. The standard InChI is InChI=1S/C19H23N3O2/c1-13-5-10-16(20-11-13)22-17(23)12-21-18(24)14-6-8-15(9-7-14)19(2,3)4/h5-11H,12H2,1-4H3,(H,21,24)(H,20,22,23). The first-order valence-electron chi connectivity index (χ1n) is 7.87. The Kier molecular flexibility index (Phi) is 5.34. The Hall–Kier alpha value is -2.69. The van der Waals surface area contributed by atoms with Gasteiger partial charge in [-0.05, 0) is 41.7 Å². The fourth-order valence-corrected chi connectivity index (χ4v) is 2.11. The van der Waals surface area contributed by atoms with Crippen molar-refractivity contribution in [3.05, 3.63) is 59.3 Å². The van der Waals surface area contributed by atoms with Crippen molar-refractivity contribution in [2.24, 2.45) is 0 Å². The molecule has 0 fully saturated rings. The molecule has 0 aliphatic rings. The van der Waals surface area contributed by atoms with E-state index in [1.54, 1.807) is 24.4 Å². The predicted octanol–water partition coefficient (Wildman–Crippen LogP) is 3.06. The smallest absolute Gasteiger partial charge is 0.251 e. The number of nitrogens with one attached hydrogen (secondary N) is 2. The highest BCUT2D eigenvalue weighted by atomic mass is 16.2. The molecule has 0 aliphatic carbocycles. The van der Waals surface area contributed by atoms with Gasteiger partial charge < -0.3 is 10.6 Å². The topological polar surface area (TPSA) is 71.1 Å². The molecule has 2 amide bonds. The molecule has 2 aromatic rings. The minimum atomic E-state index is -0.314. The van der Waals surface area contributed by atoms with Crippen LogP contribution in [-0.4, -0.2) is 23.3 Å². The third-order valence-electron chi connectivity index (χ3n) is 3.60. The number of amides is 2. The summed E-state index contributed by atoms with van der Waals surface area (Å²) in [5, 5.41) is 5.25. The zero-order chi connectivity index (χ0) is 17.7. The second-order valence-corrected chi connectivity index (χ2v) is 6.78. The molecular formula is C19H23N3O2. The molecule has 0 bridgehead atoms. The molecule has 0 saturated heterocycles. The molecule has 1 aromatic carbocycles. The van der Waals surface area contributed by atoms with E-state index in [1.807, 2.05) is 25.1 Å². The molecule has 0 saturated carbocycles. The lowest BCUT2D eigenvalue weighted by molar-refractivity contribution is -0.115. The van der Waals surface area contributed by atoms with Crippen molar-refractivity contribution in [3.8, 4) is 0 Å². The molecule has 5 heteroatoms. The second-order valence-electron chi connectivity index (χ2n) is 6.78. The van der Waals surface area contributed by atoms with Gasteiger partial charge in [-0.1, -0.05) is 39.0 Å². The lowest BCUT2D eigenvalue weighted by Gasteiger charge is -2.19. The van der Waals surface area contributed by atoms with Crippen LogP contribution in [0.3, 0.4) is 0 Å². The summed E-state index contributed by atoms with van der Waals surface area (Å²) in [5.74, 6) is -0.122. The summed E-state index contributed by atoms with van der Waals surface area (Å²) in [5.41, 5.74) is 2.74. The van der Waals surface area contributed by atoms with E-state index in [0.717, 1.165) is 11.1 Å². The first-order valence-corrected chi connectivity index (χ1v) is 7.87. The van der Waals surface area contributed by atoms with Crippen molar-refractivity contribution in [1.82, 2.24) is 10.3 Å². The third-order valence-corrected chi connectivity index (χ3v) is 3.60. The number of hydrogen-bond donors (Lipinski definition) is 2. The zero-order valence-corrected chi connectivity index (χ0v) is 14.5. The number of hydrogen-bond acceptors (Lipinski definition) is 3. The maximum atomic E-state index is 12.1. The molecule has 24 heavy (non-hydrogen) atoms. The van der Waals surface area contributed by atoms with Gasteiger partial charge >= 0.3 is 0 Å². The number of anilines is 1. The van der Waals surface area contributed by atoms with E-state index < -0.39 is 0 Å². The fourth-order valence-electron chi connectivity index (χ4n) is 2.11. The summed E-state index contributed by atoms with van der Waals surface area (Å²) in [4.78, 5) is 28.0. The SMILES string of the molecule is Cc1ccc(NC(=O)CNC(=O)c2ccc(C(C)(C)C)cc2)nc1. The van der Waals surface area contributed by atoms with Crippen LogP contribution in [0.15, 0.2) is 42.6 Å². The number of aromatic nitrogens is 1. The van der Waals surface area contributed by atoms with Gasteiger partial charge in [0.15, 0.2) is 0 Å². The second kappa shape index (κ2) is 7.25. The average Bonchev–Trinajstić information content (AvgIpc) is 2.54. The molecule has 1 aromatic heterocycles. The van der Waals surface area contributed by atoms with Crippen LogP contribution in [0, 0.1) is 6.92 Å². The van der Waals surface area contributed by atoms with Gasteiger partial charge in [-0.2, -0.15) is 0 Å². The molecule has 2 N–H and O–H groups in total. The lowest BCUT2D eigenvalue weighted by atomic mass is 9.87. The maximum Gasteiger partial charge on any atom is 0.251 e. The summed E-state index contributed by atoms with van der Waals surface area (Å²) in [6, 6.07) is 11.0. The summed E-state index contributed by atoms with van der Waals surface area (Å²) in [6.45, 7) is 8.17. The number of carbonyl (C=O) groups excluding carboxylic acids is 2. The van der Waals surface area contributed by atoms with Crippen LogP contribution < -0.4 is 10.6 Å². The molecule has 0 atom stereocenters. The van der Waals surface area contributed by atoms with Crippen LogP contribution in [0.2, 0.25) is 0 Å². The third kappa shape index (κ3) is 4.91. The highest BCUT2D eigenvalue weighted by molar-refractivity contribution is 5.99. The van der Waals surface area contributed by atoms with E-state index in [9.17, 15) is 9.59 Å². The predicted molar refractivity (Wildman–Crippen MR) is 95.1 cm³/mol. The first kappa shape index (κ1) is 17.7. The number of carbonyl (C=O) groups is 2. The van der Waals surface area contributed by atoms with Gasteiger partial charge in [-0.15, -0.1) is 0 Å². The summed E-state index contributed by atoms with van der Waals surface area (Å²) in [6.07, 6.45) is 1.67. The first-order chi connectivity index (χ1) is 11.3. The van der Waals surface area contributed by atoms with Gasteiger partial charge in [-0.25, -0.2) is 4.98 Å². The number of benzene rings is 1. The highest BCUT2D eigenvalue weighted by Gasteiger charge is 2.14. The van der Waals surface area contributed by atoms with Crippen molar-refractivity contribution >= 4 is 17.6 Å². The maximum absolute atomic E-state index is 12.1. The quantitative estimate of drug-likeness (QED) is 0.907. The van der Waals surface area contributed by atoms with Crippen LogP contribution in [0.4, 0.5) is 5.82 Å². The van der Waals surface area contributed by atoms with Crippen molar-refractivity contribution in [3.63, 3.8) is 0 Å². The number of nitrogens with zero attached hydrogens (tertiary/aromatic N) is 1. The summed E-state index contributed by atoms with van der Waals surface area (Å²) < 4.78 is 0. The number of rotatable bonds is 4. The molecule has 5 nitrogen and oxygen atoms in total. The molecule has 1 heterocycles. The van der Waals surface area contributed by atoms with Crippen molar-refractivity contribution in [2.75, 3.05) is 11.9 Å². The van der Waals surface area contributed by atoms with Gasteiger partial charge in [0, 0.05) is 11.8 Å². The Morgan fingerprint density at radius 1 is 1.04 bits per heavy atom. The Bertz CT molecular complexity index is 714. The van der Waals surface area contributed by atoms with Gasteiger partial charge in [0.25, 0.3) is 5.91 Å². The Morgan fingerprint density at radius 2 is 1.71 bits per heavy atom. The van der Waals surface area contributed by atoms with E-state index in [4.69, 9.17) is 0 Å². The molecule has 0 spiro atoms. The van der Waals surface area contributed by atoms with Crippen LogP contribution in [0.1, 0.15) is 42.3 Å². The molecule has 126 valence electrons. The zero-order valence-electron chi connectivity index (χ0n) is 14.5. The fraction of sp³-hybridized carbons (Fsp3) is 0.316. The van der Waals surface area contributed by atoms with Crippen LogP contribution in [0.25, 0.3) is 0 Å². The van der Waals surface area contributed by atoms with Gasteiger partial charge in [0.2, 0.25) is 5.91 Å². The highest BCUT2D eigenvalue weighted by Crippen LogP contribution is 2.22. The molecular weight excluding hydrogens is 302 g/mol. The Balaban J connectivity index is 1.88.